The van der Waals surface area contributed by atoms with Crippen LogP contribution in [0.2, 0.25) is 0 Å². The Kier molecular flexibility index (Phi) is 2.57. The lowest BCUT2D eigenvalue weighted by molar-refractivity contribution is 0.304. The van der Waals surface area contributed by atoms with Gasteiger partial charge in [0, 0.05) is 12.1 Å². The molecule has 1 aliphatic rings. The van der Waals surface area contributed by atoms with Gasteiger partial charge in [-0.2, -0.15) is 0 Å². The zero-order valence-electron chi connectivity index (χ0n) is 9.76. The molecule has 6 heteroatoms. The first-order valence-corrected chi connectivity index (χ1v) is 5.93. The largest absolute Gasteiger partial charge is 0.340 e. The van der Waals surface area contributed by atoms with Crippen LogP contribution in [-0.4, -0.2) is 23.1 Å². The molecule has 0 amide bonds. The van der Waals surface area contributed by atoms with Crippen molar-refractivity contribution in [2.24, 2.45) is 5.73 Å². The van der Waals surface area contributed by atoms with Crippen molar-refractivity contribution in [3.63, 3.8) is 0 Å². The third-order valence-corrected chi connectivity index (χ3v) is 3.49. The summed E-state index contributed by atoms with van der Waals surface area (Å²) in [7, 11) is 0. The van der Waals surface area contributed by atoms with Gasteiger partial charge in [-0.1, -0.05) is 0 Å². The highest BCUT2D eigenvalue weighted by molar-refractivity contribution is 5.75. The van der Waals surface area contributed by atoms with Gasteiger partial charge >= 0.3 is 0 Å². The number of halogens is 2. The van der Waals surface area contributed by atoms with E-state index in [-0.39, 0.29) is 0 Å². The topological polar surface area (TPSA) is 66.7 Å². The van der Waals surface area contributed by atoms with Gasteiger partial charge in [-0.25, -0.2) is 13.8 Å². The van der Waals surface area contributed by atoms with E-state index in [9.17, 15) is 8.78 Å². The van der Waals surface area contributed by atoms with Crippen LogP contribution in [0, 0.1) is 11.6 Å². The first-order chi connectivity index (χ1) is 8.58. The smallest absolute Gasteiger partial charge is 0.161 e. The van der Waals surface area contributed by atoms with E-state index in [1.807, 2.05) is 0 Å². The zero-order chi connectivity index (χ0) is 12.8. The number of benzene rings is 1. The van der Waals surface area contributed by atoms with E-state index in [0.29, 0.717) is 16.9 Å². The number of hydrogen-bond donors (Lipinski definition) is 3. The average molecular weight is 252 g/mol. The quantitative estimate of drug-likeness (QED) is 0.718. The van der Waals surface area contributed by atoms with E-state index >= 15 is 0 Å². The van der Waals surface area contributed by atoms with Crippen LogP contribution in [0.1, 0.15) is 18.7 Å². The van der Waals surface area contributed by atoms with Crippen molar-refractivity contribution in [2.75, 3.05) is 13.1 Å². The van der Waals surface area contributed by atoms with Gasteiger partial charge in [0.25, 0.3) is 0 Å². The summed E-state index contributed by atoms with van der Waals surface area (Å²) >= 11 is 0. The average Bonchev–Trinajstić information content (AvgIpc) is 2.74. The molecule has 1 aromatic carbocycles. The Morgan fingerprint density at radius 2 is 1.83 bits per heavy atom. The number of nitrogens with one attached hydrogen (secondary N) is 2. The molecule has 1 aliphatic heterocycles. The minimum absolute atomic E-state index is 0.409. The van der Waals surface area contributed by atoms with Crippen LogP contribution < -0.4 is 11.1 Å². The molecule has 96 valence electrons. The Labute approximate surface area is 103 Å². The standard InChI is InChI=1S/C12H14F2N4/c13-7-5-9-10(6-8(7)14)18-11(17-9)12(15)1-3-16-4-2-12/h5-6,16H,1-4,15H2,(H,17,18). The molecule has 3 rings (SSSR count). The fraction of sp³-hybridized carbons (Fsp3) is 0.417. The molecular weight excluding hydrogens is 238 g/mol. The molecule has 0 unspecified atom stereocenters. The SMILES string of the molecule is NC1(c2nc3cc(F)c(F)cc3[nH]2)CCNCC1. The van der Waals surface area contributed by atoms with Crippen molar-refractivity contribution in [3.8, 4) is 0 Å². The van der Waals surface area contributed by atoms with Gasteiger partial charge in [-0.3, -0.25) is 0 Å². The summed E-state index contributed by atoms with van der Waals surface area (Å²) in [5.74, 6) is -1.17. The molecule has 2 heterocycles. The van der Waals surface area contributed by atoms with Crippen LogP contribution in [0.5, 0.6) is 0 Å². The van der Waals surface area contributed by atoms with Gasteiger partial charge in [-0.05, 0) is 25.9 Å². The Morgan fingerprint density at radius 1 is 1.17 bits per heavy atom. The molecule has 1 fully saturated rings. The number of aromatic amines is 1. The summed E-state index contributed by atoms with van der Waals surface area (Å²) in [6, 6.07) is 2.21. The second-order valence-corrected chi connectivity index (χ2v) is 4.78. The maximum atomic E-state index is 13.1. The first kappa shape index (κ1) is 11.6. The number of H-pyrrole nitrogens is 1. The predicted molar refractivity (Wildman–Crippen MR) is 64.0 cm³/mol. The minimum Gasteiger partial charge on any atom is -0.340 e. The summed E-state index contributed by atoms with van der Waals surface area (Å²) in [6.07, 6.45) is 1.50. The van der Waals surface area contributed by atoms with Crippen molar-refractivity contribution in [1.29, 1.82) is 0 Å². The van der Waals surface area contributed by atoms with E-state index in [2.05, 4.69) is 15.3 Å². The van der Waals surface area contributed by atoms with E-state index in [1.165, 1.54) is 0 Å². The minimum atomic E-state index is -0.892. The molecule has 0 radical (unpaired) electrons. The van der Waals surface area contributed by atoms with Crippen LogP contribution in [0.4, 0.5) is 8.78 Å². The Balaban J connectivity index is 2.07. The van der Waals surface area contributed by atoms with Crippen LogP contribution in [0.25, 0.3) is 11.0 Å². The van der Waals surface area contributed by atoms with Crippen LogP contribution in [0.15, 0.2) is 12.1 Å². The lowest BCUT2D eigenvalue weighted by Gasteiger charge is -2.31. The summed E-state index contributed by atoms with van der Waals surface area (Å²) < 4.78 is 26.3. The summed E-state index contributed by atoms with van der Waals surface area (Å²) in [4.78, 5) is 7.30. The van der Waals surface area contributed by atoms with E-state index in [1.54, 1.807) is 0 Å². The lowest BCUT2D eigenvalue weighted by atomic mass is 9.89. The summed E-state index contributed by atoms with van der Waals surface area (Å²) in [5, 5.41) is 3.22. The number of imidazole rings is 1. The molecular formula is C12H14F2N4. The third-order valence-electron chi connectivity index (χ3n) is 3.49. The molecule has 0 saturated carbocycles. The van der Waals surface area contributed by atoms with Crippen molar-refractivity contribution in [3.05, 3.63) is 29.6 Å². The van der Waals surface area contributed by atoms with E-state index < -0.39 is 17.2 Å². The van der Waals surface area contributed by atoms with Crippen LogP contribution in [-0.2, 0) is 5.54 Å². The first-order valence-electron chi connectivity index (χ1n) is 5.93. The number of rotatable bonds is 1. The maximum absolute atomic E-state index is 13.1. The molecule has 0 aliphatic carbocycles. The third kappa shape index (κ3) is 1.77. The van der Waals surface area contributed by atoms with E-state index in [4.69, 9.17) is 5.73 Å². The number of piperidine rings is 1. The van der Waals surface area contributed by atoms with Gasteiger partial charge in [0.2, 0.25) is 0 Å². The maximum Gasteiger partial charge on any atom is 0.161 e. The molecule has 2 aromatic rings. The molecule has 4 nitrogen and oxygen atoms in total. The van der Waals surface area contributed by atoms with Crippen LogP contribution in [0.3, 0.4) is 0 Å². The zero-order valence-corrected chi connectivity index (χ0v) is 9.76. The Morgan fingerprint density at radius 3 is 2.56 bits per heavy atom. The highest BCUT2D eigenvalue weighted by Gasteiger charge is 2.32. The highest BCUT2D eigenvalue weighted by Crippen LogP contribution is 2.27. The Bertz CT molecular complexity index is 548. The fourth-order valence-corrected chi connectivity index (χ4v) is 2.35. The van der Waals surface area contributed by atoms with Gasteiger partial charge < -0.3 is 16.0 Å². The van der Waals surface area contributed by atoms with Crippen LogP contribution >= 0.6 is 0 Å². The van der Waals surface area contributed by atoms with Gasteiger partial charge in [0.15, 0.2) is 11.6 Å². The molecule has 18 heavy (non-hydrogen) atoms. The van der Waals surface area contributed by atoms with Gasteiger partial charge in [-0.15, -0.1) is 0 Å². The van der Waals surface area contributed by atoms with Crippen molar-refractivity contribution in [2.45, 2.75) is 18.4 Å². The molecule has 0 spiro atoms. The van der Waals surface area contributed by atoms with Gasteiger partial charge in [0.05, 0.1) is 16.6 Å². The van der Waals surface area contributed by atoms with Crippen molar-refractivity contribution >= 4 is 11.0 Å². The molecule has 0 bridgehead atoms. The summed E-state index contributed by atoms with van der Waals surface area (Å²) in [5.41, 5.74) is 6.64. The number of nitrogens with zero attached hydrogens (tertiary/aromatic N) is 1. The second-order valence-electron chi connectivity index (χ2n) is 4.78. The number of aromatic nitrogens is 2. The molecule has 1 saturated heterocycles. The van der Waals surface area contributed by atoms with Crippen molar-refractivity contribution < 1.29 is 8.78 Å². The molecule has 0 atom stereocenters. The fourth-order valence-electron chi connectivity index (χ4n) is 2.35. The lowest BCUT2D eigenvalue weighted by Crippen LogP contribution is -2.47. The Hall–Kier alpha value is -1.53. The molecule has 4 N–H and O–H groups in total. The molecule has 1 aromatic heterocycles. The number of hydrogen-bond acceptors (Lipinski definition) is 3. The highest BCUT2D eigenvalue weighted by atomic mass is 19.2. The predicted octanol–water partition coefficient (Wildman–Crippen LogP) is 1.38. The normalized spacial score (nSPS) is 19.3. The van der Waals surface area contributed by atoms with Gasteiger partial charge in [0.1, 0.15) is 5.82 Å². The monoisotopic (exact) mass is 252 g/mol. The second kappa shape index (κ2) is 4.00. The van der Waals surface area contributed by atoms with Crippen molar-refractivity contribution in [1.82, 2.24) is 15.3 Å². The number of fused-ring (bicyclic) bond motifs is 1. The number of nitrogens with two attached hydrogens (primary N) is 1. The summed E-state index contributed by atoms with van der Waals surface area (Å²) in [6.45, 7) is 1.63. The van der Waals surface area contributed by atoms with E-state index in [0.717, 1.165) is 38.1 Å².